The number of likely N-dealkylation sites (tertiary alicyclic amines) is 1. The number of furan rings is 2. The molecule has 0 spiro atoms. The Balaban J connectivity index is 0.000000199. The molecule has 8 rings (SSSR count). The second-order valence-electron chi connectivity index (χ2n) is 14.9. The first-order valence-electron chi connectivity index (χ1n) is 20.6. The van der Waals surface area contributed by atoms with Crippen molar-refractivity contribution in [1.29, 1.82) is 0 Å². The zero-order chi connectivity index (χ0) is 44.7. The third-order valence-electron chi connectivity index (χ3n) is 10.2. The van der Waals surface area contributed by atoms with Crippen LogP contribution in [0.2, 0.25) is 20.1 Å². The van der Waals surface area contributed by atoms with Gasteiger partial charge in [0, 0.05) is 70.0 Å². The molecule has 18 heteroatoms. The minimum absolute atomic E-state index is 0. The van der Waals surface area contributed by atoms with E-state index >= 15 is 0 Å². The number of halogens is 8. The molecule has 0 unspecified atom stereocenters. The zero-order valence-electron chi connectivity index (χ0n) is 34.6. The number of amides is 2. The molecule has 4 heterocycles. The lowest BCUT2D eigenvalue weighted by molar-refractivity contribution is 0.0881. The number of carbonyl (C=O) groups excluding carboxylic acids is 2. The monoisotopic (exact) mass is 1040 g/mol. The number of fused-ring (bicyclic) bond motifs is 2. The summed E-state index contributed by atoms with van der Waals surface area (Å²) in [5.74, 6) is 0.367. The van der Waals surface area contributed by atoms with Crippen LogP contribution in [-0.2, 0) is 0 Å². The minimum Gasteiger partial charge on any atom is -0.493 e. The van der Waals surface area contributed by atoms with Gasteiger partial charge in [0.15, 0.2) is 11.5 Å². The Morgan fingerprint density at radius 1 is 0.672 bits per heavy atom. The molecular weight excluding hydrogens is 1000 g/mol. The van der Waals surface area contributed by atoms with Gasteiger partial charge < -0.3 is 39.2 Å². The van der Waals surface area contributed by atoms with Gasteiger partial charge in [-0.2, -0.15) is 0 Å². The van der Waals surface area contributed by atoms with E-state index in [9.17, 15) is 18.4 Å². The van der Waals surface area contributed by atoms with Gasteiger partial charge in [0.1, 0.15) is 34.3 Å². The van der Waals surface area contributed by atoms with E-state index in [1.54, 1.807) is 60.7 Å². The Morgan fingerprint density at radius 2 is 1.14 bits per heavy atom. The molecule has 10 nitrogen and oxygen atoms in total. The lowest BCUT2D eigenvalue weighted by atomic mass is 10.0. The first-order valence-corrected chi connectivity index (χ1v) is 23.2. The van der Waals surface area contributed by atoms with E-state index < -0.39 is 11.6 Å². The number of hydrogen-bond acceptors (Lipinski definition) is 8. The number of hydrogen-bond donors (Lipinski definition) is 3. The Hall–Kier alpha value is -3.79. The van der Waals surface area contributed by atoms with Crippen LogP contribution in [0.5, 0.6) is 11.5 Å². The van der Waals surface area contributed by atoms with Gasteiger partial charge in [0.2, 0.25) is 0 Å². The maximum Gasteiger partial charge on any atom is 0.287 e. The van der Waals surface area contributed by atoms with Gasteiger partial charge in [-0.25, -0.2) is 8.78 Å². The summed E-state index contributed by atoms with van der Waals surface area (Å²) < 4.78 is 48.3. The molecule has 2 aliphatic heterocycles. The molecule has 3 N–H and O–H groups in total. The van der Waals surface area contributed by atoms with E-state index in [0.29, 0.717) is 57.4 Å². The standard InChI is InChI=1S/C23H23Cl2FN2O3.C14H15ClN2O2.C9H9BrClFO.ClH/c24-16-2-5-21-15(12-16)13-22(31-21)23(29)27-17-6-9-28(10-7-17)8-1-11-30-18-3-4-19(25)20(26)14-18;15-10-1-2-12-9(7-10)8-13(19-12)14(18)17-11-3-5-16-6-4-11;10-4-1-5-13-7-2-3-8(11)9(12)6-7;/h2-5,12-14,17H,1,6-11H2,(H,27,29);1-2,7-8,11,16H,3-6H2,(H,17,18);2-3,6H,1,4-5H2;1H. The van der Waals surface area contributed by atoms with Crippen molar-refractivity contribution < 1.29 is 36.7 Å². The van der Waals surface area contributed by atoms with Gasteiger partial charge >= 0.3 is 0 Å². The third-order valence-corrected chi connectivity index (χ3v) is 11.9. The molecule has 6 aromatic rings. The number of alkyl halides is 1. The maximum atomic E-state index is 13.4. The van der Waals surface area contributed by atoms with E-state index in [4.69, 9.17) is 64.7 Å². The summed E-state index contributed by atoms with van der Waals surface area (Å²) in [6, 6.07) is 23.3. The van der Waals surface area contributed by atoms with Crippen molar-refractivity contribution in [3.05, 3.63) is 128 Å². The highest BCUT2D eigenvalue weighted by Gasteiger charge is 2.23. The summed E-state index contributed by atoms with van der Waals surface area (Å²) >= 11 is 26.4. The largest absolute Gasteiger partial charge is 0.493 e. The van der Waals surface area contributed by atoms with Crippen molar-refractivity contribution in [3.63, 3.8) is 0 Å². The van der Waals surface area contributed by atoms with Crippen molar-refractivity contribution in [1.82, 2.24) is 20.9 Å². The molecule has 2 aromatic heterocycles. The Kier molecular flexibility index (Phi) is 20.6. The molecule has 2 saturated heterocycles. The SMILES string of the molecule is Cl.Fc1cc(OCCCBr)ccc1Cl.O=C(NC1CCN(CCCOc2ccc(Cl)c(F)c2)CC1)c1cc2cc(Cl)ccc2o1.O=C(NC1CCNCC1)c1cc2cc(Cl)ccc2o1. The van der Waals surface area contributed by atoms with Crippen molar-refractivity contribution >= 4 is 108 Å². The number of nitrogens with zero attached hydrogens (tertiary/aromatic N) is 1. The average molecular weight is 1050 g/mol. The van der Waals surface area contributed by atoms with Crippen LogP contribution in [0.1, 0.15) is 59.6 Å². The topological polar surface area (TPSA) is 118 Å². The minimum atomic E-state index is -0.477. The normalized spacial score (nSPS) is 14.4. The van der Waals surface area contributed by atoms with Crippen LogP contribution in [0.15, 0.2) is 93.8 Å². The molecule has 0 aliphatic carbocycles. The summed E-state index contributed by atoms with van der Waals surface area (Å²) in [4.78, 5) is 27.0. The lowest BCUT2D eigenvalue weighted by Crippen LogP contribution is -2.44. The molecule has 0 bridgehead atoms. The first-order chi connectivity index (χ1) is 30.4. The van der Waals surface area contributed by atoms with Gasteiger partial charge in [-0.05, 0) is 124 Å². The quantitative estimate of drug-likeness (QED) is 0.0773. The van der Waals surface area contributed by atoms with Crippen LogP contribution < -0.4 is 25.4 Å². The van der Waals surface area contributed by atoms with Crippen molar-refractivity contribution in [2.24, 2.45) is 0 Å². The number of rotatable bonds is 13. The van der Waals surface area contributed by atoms with E-state index in [0.717, 1.165) is 87.4 Å². The summed E-state index contributed by atoms with van der Waals surface area (Å²) in [7, 11) is 0. The van der Waals surface area contributed by atoms with Gasteiger partial charge in [-0.3, -0.25) is 9.59 Å². The molecule has 0 radical (unpaired) electrons. The van der Waals surface area contributed by atoms with E-state index in [1.165, 1.54) is 24.3 Å². The maximum absolute atomic E-state index is 13.4. The third kappa shape index (κ3) is 15.7. The van der Waals surface area contributed by atoms with Gasteiger partial charge in [-0.15, -0.1) is 12.4 Å². The van der Waals surface area contributed by atoms with Crippen LogP contribution in [-0.4, -0.2) is 80.1 Å². The Morgan fingerprint density at radius 3 is 1.61 bits per heavy atom. The molecule has 4 aromatic carbocycles. The predicted molar refractivity (Wildman–Crippen MR) is 257 cm³/mol. The highest BCUT2D eigenvalue weighted by atomic mass is 79.9. The van der Waals surface area contributed by atoms with Crippen LogP contribution >= 0.6 is 74.7 Å². The van der Waals surface area contributed by atoms with E-state index in [-0.39, 0.29) is 46.4 Å². The van der Waals surface area contributed by atoms with Crippen LogP contribution in [0.25, 0.3) is 21.9 Å². The summed E-state index contributed by atoms with van der Waals surface area (Å²) in [6.07, 6.45) is 5.39. The van der Waals surface area contributed by atoms with Gasteiger partial charge in [0.05, 0.1) is 23.3 Å². The number of benzene rings is 4. The smallest absolute Gasteiger partial charge is 0.287 e. The predicted octanol–water partition coefficient (Wildman–Crippen LogP) is 12.2. The Bertz CT molecular complexity index is 2450. The zero-order valence-corrected chi connectivity index (χ0v) is 40.0. The number of carbonyl (C=O) groups is 2. The molecular formula is C46H48BrCl5F2N4O6. The summed E-state index contributed by atoms with van der Waals surface area (Å²) in [6.45, 7) is 5.66. The first kappa shape index (κ1) is 51.2. The Labute approximate surface area is 405 Å². The summed E-state index contributed by atoms with van der Waals surface area (Å²) in [5, 5.41) is 13.3. The fraction of sp³-hybridized carbons (Fsp3) is 0.348. The average Bonchev–Trinajstić information content (AvgIpc) is 3.91. The van der Waals surface area contributed by atoms with Gasteiger partial charge in [-0.1, -0.05) is 62.3 Å². The van der Waals surface area contributed by atoms with Crippen molar-refractivity contribution in [2.75, 3.05) is 51.3 Å². The number of piperidine rings is 2. The fourth-order valence-electron chi connectivity index (χ4n) is 6.89. The highest BCUT2D eigenvalue weighted by Crippen LogP contribution is 2.26. The molecule has 2 amide bonds. The second kappa shape index (κ2) is 25.8. The molecule has 2 aliphatic rings. The molecule has 344 valence electrons. The van der Waals surface area contributed by atoms with Crippen LogP contribution in [0.4, 0.5) is 8.78 Å². The van der Waals surface area contributed by atoms with E-state index in [1.807, 2.05) is 0 Å². The molecule has 0 atom stereocenters. The highest BCUT2D eigenvalue weighted by molar-refractivity contribution is 9.09. The second-order valence-corrected chi connectivity index (χ2v) is 17.4. The van der Waals surface area contributed by atoms with E-state index in [2.05, 4.69) is 36.8 Å². The van der Waals surface area contributed by atoms with Crippen molar-refractivity contribution in [3.8, 4) is 11.5 Å². The molecule has 2 fully saturated rings. The number of ether oxygens (including phenoxy) is 2. The fourth-order valence-corrected chi connectivity index (χ4v) is 7.71. The number of nitrogens with one attached hydrogen (secondary N) is 3. The summed E-state index contributed by atoms with van der Waals surface area (Å²) in [5.41, 5.74) is 1.33. The van der Waals surface area contributed by atoms with Gasteiger partial charge in [0.25, 0.3) is 11.8 Å². The van der Waals surface area contributed by atoms with Crippen LogP contribution in [0, 0.1) is 11.6 Å². The van der Waals surface area contributed by atoms with Crippen molar-refractivity contribution in [2.45, 2.75) is 50.6 Å². The molecule has 64 heavy (non-hydrogen) atoms. The molecule has 0 saturated carbocycles. The lowest BCUT2D eigenvalue weighted by Gasteiger charge is -2.32. The van der Waals surface area contributed by atoms with Crippen LogP contribution in [0.3, 0.4) is 0 Å².